The Labute approximate surface area is 179 Å². The van der Waals surface area contributed by atoms with Gasteiger partial charge in [0.2, 0.25) is 5.95 Å². The molecule has 3 rings (SSSR count). The van der Waals surface area contributed by atoms with Crippen molar-refractivity contribution in [2.75, 3.05) is 19.5 Å². The molecule has 0 aliphatic carbocycles. The number of esters is 2. The average Bonchev–Trinajstić information content (AvgIpc) is 3.06. The van der Waals surface area contributed by atoms with Crippen LogP contribution in [0.3, 0.4) is 0 Å². The van der Waals surface area contributed by atoms with Crippen molar-refractivity contribution < 1.29 is 23.8 Å². The maximum atomic E-state index is 12.6. The van der Waals surface area contributed by atoms with Crippen LogP contribution < -0.4 is 16.2 Å². The molecule has 1 aromatic carbocycles. The number of nitrogens with zero attached hydrogens (tertiary/aromatic N) is 2. The molecule has 0 saturated heterocycles. The molecular weight excluding hydrogens is 428 g/mol. The number of hydrogen-bond acceptors (Lipinski definition) is 10. The first-order valence-corrected chi connectivity index (χ1v) is 9.94. The highest BCUT2D eigenvalue weighted by atomic mass is 32.1. The van der Waals surface area contributed by atoms with Gasteiger partial charge in [-0.05, 0) is 12.1 Å². The predicted molar refractivity (Wildman–Crippen MR) is 112 cm³/mol. The largest absolute Gasteiger partial charge is 0.459 e. The van der Waals surface area contributed by atoms with Crippen molar-refractivity contribution in [3.8, 4) is 0 Å². The van der Waals surface area contributed by atoms with Crippen LogP contribution in [0, 0.1) is 0 Å². The second kappa shape index (κ2) is 9.53. The summed E-state index contributed by atoms with van der Waals surface area (Å²) in [5.74, 6) is -1.40. The van der Waals surface area contributed by atoms with Gasteiger partial charge in [0.1, 0.15) is 11.3 Å². The molecule has 2 aromatic heterocycles. The smallest absolute Gasteiger partial charge is 0.338 e. The molecule has 0 spiro atoms. The lowest BCUT2D eigenvalue weighted by atomic mass is 10.2. The van der Waals surface area contributed by atoms with E-state index in [-0.39, 0.29) is 29.3 Å². The van der Waals surface area contributed by atoms with Crippen molar-refractivity contribution >= 4 is 39.6 Å². The summed E-state index contributed by atoms with van der Waals surface area (Å²) in [7, 11) is 1.39. The quantitative estimate of drug-likeness (QED) is 0.481. The lowest BCUT2D eigenvalue weighted by Crippen LogP contribution is -2.31. The highest BCUT2D eigenvalue weighted by Crippen LogP contribution is 2.23. The van der Waals surface area contributed by atoms with E-state index in [2.05, 4.69) is 9.97 Å². The van der Waals surface area contributed by atoms with Crippen molar-refractivity contribution in [3.05, 3.63) is 55.9 Å². The van der Waals surface area contributed by atoms with E-state index in [0.29, 0.717) is 16.9 Å². The number of hydrogen-bond donors (Lipinski definition) is 2. The second-order valence-electron chi connectivity index (χ2n) is 6.46. The first-order chi connectivity index (χ1) is 14.8. The van der Waals surface area contributed by atoms with E-state index in [4.69, 9.17) is 19.9 Å². The van der Waals surface area contributed by atoms with Crippen LogP contribution in [0.15, 0.2) is 39.9 Å². The highest BCUT2D eigenvalue weighted by molar-refractivity contribution is 7.16. The second-order valence-corrected chi connectivity index (χ2v) is 7.43. The van der Waals surface area contributed by atoms with Gasteiger partial charge in [-0.3, -0.25) is 19.4 Å². The zero-order valence-electron chi connectivity index (χ0n) is 16.7. The molecule has 0 fully saturated rings. The fourth-order valence-corrected chi connectivity index (χ4v) is 3.74. The molecule has 0 unspecified atom stereocenters. The van der Waals surface area contributed by atoms with Gasteiger partial charge in [-0.25, -0.2) is 9.36 Å². The van der Waals surface area contributed by atoms with Gasteiger partial charge in [0.05, 0.1) is 11.7 Å². The van der Waals surface area contributed by atoms with Crippen LogP contribution >= 0.6 is 11.3 Å². The van der Waals surface area contributed by atoms with Crippen molar-refractivity contribution in [1.29, 1.82) is 0 Å². The van der Waals surface area contributed by atoms with Crippen LogP contribution in [0.2, 0.25) is 0 Å². The molecule has 0 aliphatic heterocycles. The lowest BCUT2D eigenvalue weighted by molar-refractivity contribution is -0.154. The topological polar surface area (TPSA) is 156 Å². The Kier molecular flexibility index (Phi) is 6.82. The molecule has 31 heavy (non-hydrogen) atoms. The number of methoxy groups -OCH3 is 1. The van der Waals surface area contributed by atoms with Crippen LogP contribution in [-0.4, -0.2) is 46.3 Å². The maximum absolute atomic E-state index is 12.6. The van der Waals surface area contributed by atoms with E-state index in [9.17, 15) is 19.2 Å². The standard InChI is InChI=1S/C19H20N4O7S/c1-10(24)30-13(23-15-14(31-19(23)27)16(25)22-18(20)21-15)8-12(28-2)9-29-17(26)11-6-4-3-5-7-11/h3-7,12-13H,8-9H2,1-2H3,(H3,20,21,22,25)/t12-,13+/m0/s1. The average molecular weight is 448 g/mol. The molecule has 0 amide bonds. The van der Waals surface area contributed by atoms with Crippen molar-refractivity contribution in [3.63, 3.8) is 0 Å². The monoisotopic (exact) mass is 448 g/mol. The number of rotatable bonds is 8. The number of carbonyl (C=O) groups is 2. The number of anilines is 1. The molecule has 0 saturated carbocycles. The van der Waals surface area contributed by atoms with E-state index in [0.717, 1.165) is 4.57 Å². The Bertz CT molecular complexity index is 1200. The molecule has 0 aliphatic rings. The van der Waals surface area contributed by atoms with Crippen molar-refractivity contribution in [2.45, 2.75) is 25.7 Å². The van der Waals surface area contributed by atoms with Gasteiger partial charge in [-0.2, -0.15) is 4.98 Å². The van der Waals surface area contributed by atoms with Crippen LogP contribution in [-0.2, 0) is 19.0 Å². The molecule has 2 atom stereocenters. The number of thiazole rings is 1. The summed E-state index contributed by atoms with van der Waals surface area (Å²) >= 11 is 0.648. The molecule has 3 N–H and O–H groups in total. The summed E-state index contributed by atoms with van der Waals surface area (Å²) in [6.07, 6.45) is -1.93. The number of nitrogen functional groups attached to an aromatic ring is 1. The zero-order valence-corrected chi connectivity index (χ0v) is 17.5. The molecule has 2 heterocycles. The fraction of sp³-hybridized carbons (Fsp3) is 0.316. The molecule has 11 nitrogen and oxygen atoms in total. The van der Waals surface area contributed by atoms with E-state index < -0.39 is 34.7 Å². The minimum atomic E-state index is -1.16. The molecule has 164 valence electrons. The Balaban J connectivity index is 1.86. The summed E-state index contributed by atoms with van der Waals surface area (Å²) in [6, 6.07) is 8.39. The van der Waals surface area contributed by atoms with E-state index in [1.807, 2.05) is 0 Å². The van der Waals surface area contributed by atoms with Gasteiger partial charge in [0.15, 0.2) is 11.9 Å². The maximum Gasteiger partial charge on any atom is 0.338 e. The van der Waals surface area contributed by atoms with Crippen LogP contribution in [0.5, 0.6) is 0 Å². The molecule has 12 heteroatoms. The number of aromatic amines is 1. The third-order valence-electron chi connectivity index (χ3n) is 4.29. The Morgan fingerprint density at radius 2 is 1.97 bits per heavy atom. The third-order valence-corrected chi connectivity index (χ3v) is 5.23. The zero-order chi connectivity index (χ0) is 22.5. The summed E-state index contributed by atoms with van der Waals surface area (Å²) in [5, 5.41) is 0. The number of H-pyrrole nitrogens is 1. The summed E-state index contributed by atoms with van der Waals surface area (Å²) in [4.78, 5) is 54.3. The molecule has 3 aromatic rings. The van der Waals surface area contributed by atoms with Crippen molar-refractivity contribution in [1.82, 2.24) is 14.5 Å². The van der Waals surface area contributed by atoms with E-state index >= 15 is 0 Å². The first kappa shape index (κ1) is 22.2. The summed E-state index contributed by atoms with van der Waals surface area (Å²) < 4.78 is 17.0. The Hall–Kier alpha value is -3.51. The number of benzene rings is 1. The number of nitrogens with one attached hydrogen (secondary N) is 1. The van der Waals surface area contributed by atoms with Gasteiger partial charge in [0.25, 0.3) is 5.56 Å². The number of fused-ring (bicyclic) bond motifs is 1. The van der Waals surface area contributed by atoms with Gasteiger partial charge < -0.3 is 19.9 Å². The first-order valence-electron chi connectivity index (χ1n) is 9.13. The Morgan fingerprint density at radius 3 is 2.61 bits per heavy atom. The van der Waals surface area contributed by atoms with Crippen LogP contribution in [0.1, 0.15) is 29.9 Å². The van der Waals surface area contributed by atoms with E-state index in [1.165, 1.54) is 14.0 Å². The van der Waals surface area contributed by atoms with Gasteiger partial charge in [-0.15, -0.1) is 0 Å². The number of ether oxygens (including phenoxy) is 3. The van der Waals surface area contributed by atoms with Gasteiger partial charge in [0, 0.05) is 20.5 Å². The highest BCUT2D eigenvalue weighted by Gasteiger charge is 2.27. The van der Waals surface area contributed by atoms with Gasteiger partial charge >= 0.3 is 16.8 Å². The normalized spacial score (nSPS) is 13.0. The fourth-order valence-electron chi connectivity index (χ4n) is 2.88. The molecule has 0 bridgehead atoms. The predicted octanol–water partition coefficient (Wildman–Crippen LogP) is 1.05. The van der Waals surface area contributed by atoms with Gasteiger partial charge in [-0.1, -0.05) is 29.5 Å². The number of carbonyl (C=O) groups excluding carboxylic acids is 2. The third kappa shape index (κ3) is 5.16. The number of nitrogens with two attached hydrogens (primary N) is 1. The van der Waals surface area contributed by atoms with Crippen LogP contribution in [0.25, 0.3) is 10.3 Å². The van der Waals surface area contributed by atoms with Crippen molar-refractivity contribution in [2.24, 2.45) is 0 Å². The minimum Gasteiger partial charge on any atom is -0.459 e. The van der Waals surface area contributed by atoms with E-state index in [1.54, 1.807) is 30.3 Å². The Morgan fingerprint density at radius 1 is 1.26 bits per heavy atom. The molecular formula is C19H20N4O7S. The summed E-state index contributed by atoms with van der Waals surface area (Å²) in [5.41, 5.74) is 5.38. The van der Waals surface area contributed by atoms with Crippen LogP contribution in [0.4, 0.5) is 5.95 Å². The SMILES string of the molecule is CO[C@H](COC(=O)c1ccccc1)C[C@@H](OC(C)=O)n1c(=O)sc2c(=O)[nH]c(N)nc21. The minimum absolute atomic E-state index is 0.0152. The number of aromatic nitrogens is 3. The summed E-state index contributed by atoms with van der Waals surface area (Å²) in [6.45, 7) is 1.02. The molecule has 0 radical (unpaired) electrons. The lowest BCUT2D eigenvalue weighted by Gasteiger charge is -2.23.